The summed E-state index contributed by atoms with van der Waals surface area (Å²) in [7, 11) is 2.72. The van der Waals surface area contributed by atoms with Crippen molar-refractivity contribution >= 4 is 53.1 Å². The predicted octanol–water partition coefficient (Wildman–Crippen LogP) is 5.97. The summed E-state index contributed by atoms with van der Waals surface area (Å²) < 4.78 is 14.1. The molecule has 6 nitrogen and oxygen atoms in total. The van der Waals surface area contributed by atoms with Crippen molar-refractivity contribution in [2.75, 3.05) is 0 Å². The average molecular weight is 491 g/mol. The van der Waals surface area contributed by atoms with Crippen molar-refractivity contribution in [2.45, 2.75) is 20.0 Å². The highest BCUT2D eigenvalue weighted by Gasteiger charge is 2.16. The van der Waals surface area contributed by atoms with Gasteiger partial charge in [0.15, 0.2) is 5.76 Å². The van der Waals surface area contributed by atoms with Crippen LogP contribution in [0.4, 0.5) is 0 Å². The van der Waals surface area contributed by atoms with Gasteiger partial charge in [-0.3, -0.25) is 0 Å². The maximum atomic E-state index is 6.19. The quantitative estimate of drug-likeness (QED) is 0.269. The van der Waals surface area contributed by atoms with Crippen LogP contribution in [0.3, 0.4) is 0 Å². The third-order valence-corrected chi connectivity index (χ3v) is 7.55. The molecule has 0 amide bonds. The second-order valence-corrected chi connectivity index (χ2v) is 10.1. The minimum atomic E-state index is 0.386. The van der Waals surface area contributed by atoms with E-state index in [0.717, 1.165) is 60.4 Å². The third-order valence-electron chi connectivity index (χ3n) is 5.21. The molecule has 0 aliphatic carbocycles. The lowest BCUT2D eigenvalue weighted by atomic mass is 10.2. The van der Waals surface area contributed by atoms with E-state index in [0.29, 0.717) is 12.4 Å². The molecule has 1 unspecified atom stereocenters. The summed E-state index contributed by atoms with van der Waals surface area (Å²) in [6.45, 7) is 2.48. The van der Waals surface area contributed by atoms with Gasteiger partial charge < -0.3 is 9.15 Å². The largest absolute Gasteiger partial charge is 0.486 e. The van der Waals surface area contributed by atoms with Crippen molar-refractivity contribution in [3.05, 3.63) is 70.8 Å². The van der Waals surface area contributed by atoms with Gasteiger partial charge in [-0.25, -0.2) is 14.5 Å². The summed E-state index contributed by atoms with van der Waals surface area (Å²) in [5, 5.41) is 10.5. The summed E-state index contributed by atoms with van der Waals surface area (Å²) in [5.74, 6) is 1.45. The predicted molar refractivity (Wildman–Crippen MR) is 137 cm³/mol. The molecule has 0 spiro atoms. The first-order valence-electron chi connectivity index (χ1n) is 10.5. The molecule has 6 aromatic rings. The molecule has 4 aromatic heterocycles. The van der Waals surface area contributed by atoms with E-state index in [-0.39, 0.29) is 0 Å². The van der Waals surface area contributed by atoms with Gasteiger partial charge in [-0.1, -0.05) is 48.6 Å². The maximum absolute atomic E-state index is 6.19. The van der Waals surface area contributed by atoms with E-state index in [9.17, 15) is 0 Å². The van der Waals surface area contributed by atoms with Crippen molar-refractivity contribution < 1.29 is 9.15 Å². The lowest BCUT2D eigenvalue weighted by molar-refractivity contribution is 0.306. The van der Waals surface area contributed by atoms with Crippen LogP contribution in [-0.2, 0) is 13.0 Å². The van der Waals surface area contributed by atoms with Gasteiger partial charge in [0.25, 0.3) is 0 Å². The van der Waals surface area contributed by atoms with Gasteiger partial charge in [0.1, 0.15) is 33.6 Å². The van der Waals surface area contributed by atoms with E-state index in [2.05, 4.69) is 33.4 Å². The lowest BCUT2D eigenvalue weighted by Crippen LogP contribution is -1.99. The van der Waals surface area contributed by atoms with Crippen LogP contribution in [0.5, 0.6) is 5.75 Å². The van der Waals surface area contributed by atoms with E-state index in [1.807, 2.05) is 52.5 Å². The fourth-order valence-electron chi connectivity index (χ4n) is 3.61. The molecule has 0 N–H and O–H groups in total. The number of ether oxygens (including phenoxy) is 1. The van der Waals surface area contributed by atoms with Crippen molar-refractivity contribution in [1.29, 1.82) is 0 Å². The van der Waals surface area contributed by atoms with Crippen LogP contribution in [0.25, 0.3) is 38.0 Å². The highest BCUT2D eigenvalue weighted by Crippen LogP contribution is 2.34. The molecule has 164 valence electrons. The standard InChI is InChI=1S/C24H19N4O2PS2/c1-2-22-27-28-11-18(26-24(28)33-22)21-10-17-19(8-16(31)9-20(17)30-21)29-12-15-13-32-23(25-15)14-6-4-3-5-7-14/h3-11,13H,2,12,31H2,1H3. The maximum Gasteiger partial charge on any atom is 0.212 e. The van der Waals surface area contributed by atoms with Gasteiger partial charge >= 0.3 is 0 Å². The van der Waals surface area contributed by atoms with E-state index < -0.39 is 0 Å². The number of imidazole rings is 1. The number of benzene rings is 2. The number of furan rings is 1. The lowest BCUT2D eigenvalue weighted by Gasteiger charge is -2.06. The Kier molecular flexibility index (Phi) is 5.21. The SMILES string of the molecule is CCc1nn2cc(-c3cc4c(OCc5csc(-c6ccccc6)n5)cc(P)cc4o3)nc2s1. The second kappa shape index (κ2) is 8.37. The number of thiazole rings is 1. The summed E-state index contributed by atoms with van der Waals surface area (Å²) >= 11 is 3.22. The Labute approximate surface area is 200 Å². The molecule has 0 radical (unpaired) electrons. The molecule has 1 atom stereocenters. The van der Waals surface area contributed by atoms with Crippen LogP contribution in [0.1, 0.15) is 17.6 Å². The molecule has 0 bridgehead atoms. The van der Waals surface area contributed by atoms with Crippen LogP contribution in [0.15, 0.2) is 64.5 Å². The normalized spacial score (nSPS) is 11.6. The zero-order valence-electron chi connectivity index (χ0n) is 17.7. The van der Waals surface area contributed by atoms with Crippen LogP contribution < -0.4 is 10.0 Å². The zero-order valence-corrected chi connectivity index (χ0v) is 20.5. The number of hydrogen-bond donors (Lipinski definition) is 0. The molecule has 0 fully saturated rings. The average Bonchev–Trinajstić information content (AvgIpc) is 3.59. The number of nitrogens with zero attached hydrogens (tertiary/aromatic N) is 4. The minimum absolute atomic E-state index is 0.386. The Balaban J connectivity index is 1.28. The molecule has 0 aliphatic rings. The smallest absolute Gasteiger partial charge is 0.212 e. The second-order valence-electron chi connectivity index (χ2n) is 7.54. The molecule has 6 rings (SSSR count). The number of hydrogen-bond acceptors (Lipinski definition) is 7. The first-order valence-corrected chi connectivity index (χ1v) is 12.7. The van der Waals surface area contributed by atoms with E-state index in [1.165, 1.54) is 0 Å². The number of fused-ring (bicyclic) bond motifs is 2. The Morgan fingerprint density at radius 1 is 1.12 bits per heavy atom. The van der Waals surface area contributed by atoms with Crippen molar-refractivity contribution in [1.82, 2.24) is 19.6 Å². The Morgan fingerprint density at radius 2 is 2.00 bits per heavy atom. The molecule has 2 aromatic carbocycles. The molecule has 0 aliphatic heterocycles. The Bertz CT molecular complexity index is 1550. The summed E-state index contributed by atoms with van der Waals surface area (Å²) in [4.78, 5) is 10.3. The van der Waals surface area contributed by atoms with Crippen LogP contribution in [0, 0.1) is 0 Å². The third kappa shape index (κ3) is 3.95. The minimum Gasteiger partial charge on any atom is -0.486 e. The van der Waals surface area contributed by atoms with Crippen LogP contribution >= 0.6 is 31.9 Å². The van der Waals surface area contributed by atoms with Crippen LogP contribution in [-0.4, -0.2) is 19.6 Å². The number of aryl methyl sites for hydroxylation is 1. The van der Waals surface area contributed by atoms with Gasteiger partial charge in [-0.2, -0.15) is 5.10 Å². The zero-order chi connectivity index (χ0) is 22.4. The fourth-order valence-corrected chi connectivity index (χ4v) is 5.54. The van der Waals surface area contributed by atoms with Gasteiger partial charge in [0.2, 0.25) is 4.96 Å². The fraction of sp³-hybridized carbons (Fsp3) is 0.125. The van der Waals surface area contributed by atoms with Crippen molar-refractivity contribution in [3.63, 3.8) is 0 Å². The molecular formula is C24H19N4O2PS2. The van der Waals surface area contributed by atoms with Gasteiger partial charge in [0, 0.05) is 10.9 Å². The monoisotopic (exact) mass is 490 g/mol. The summed E-state index contributed by atoms with van der Waals surface area (Å²) in [6.07, 6.45) is 2.81. The highest BCUT2D eigenvalue weighted by molar-refractivity contribution is 7.27. The highest BCUT2D eigenvalue weighted by atomic mass is 32.1. The summed E-state index contributed by atoms with van der Waals surface area (Å²) in [5.41, 5.74) is 3.53. The van der Waals surface area contributed by atoms with Crippen molar-refractivity contribution in [3.8, 4) is 27.8 Å². The molecular weight excluding hydrogens is 471 g/mol. The molecule has 4 heterocycles. The van der Waals surface area contributed by atoms with Crippen molar-refractivity contribution in [2.24, 2.45) is 0 Å². The molecule has 9 heteroatoms. The van der Waals surface area contributed by atoms with E-state index in [4.69, 9.17) is 19.1 Å². The van der Waals surface area contributed by atoms with E-state index >= 15 is 0 Å². The van der Waals surface area contributed by atoms with Gasteiger partial charge in [0.05, 0.1) is 17.3 Å². The number of aromatic nitrogens is 4. The van der Waals surface area contributed by atoms with Gasteiger partial charge in [-0.15, -0.1) is 20.6 Å². The topological polar surface area (TPSA) is 65.5 Å². The molecule has 0 saturated heterocycles. The van der Waals surface area contributed by atoms with Crippen LogP contribution in [0.2, 0.25) is 0 Å². The van der Waals surface area contributed by atoms with E-state index in [1.54, 1.807) is 22.7 Å². The first kappa shape index (κ1) is 20.5. The molecule has 0 saturated carbocycles. The first-order chi connectivity index (χ1) is 16.2. The Morgan fingerprint density at radius 3 is 2.82 bits per heavy atom. The van der Waals surface area contributed by atoms with Gasteiger partial charge in [-0.05, 0) is 29.9 Å². The number of rotatable bonds is 6. The molecule has 33 heavy (non-hydrogen) atoms. The Hall–Kier alpha value is -3.06. The summed E-state index contributed by atoms with van der Waals surface area (Å²) in [6, 6.07) is 16.1.